The summed E-state index contributed by atoms with van der Waals surface area (Å²) < 4.78 is 10.9. The molecule has 0 heterocycles. The Labute approximate surface area is 155 Å². The van der Waals surface area contributed by atoms with Gasteiger partial charge in [-0.3, -0.25) is 4.79 Å². The minimum atomic E-state index is -0.164. The molecule has 4 aliphatic rings. The number of nitrogens with one attached hydrogen (secondary N) is 1. The van der Waals surface area contributed by atoms with Crippen LogP contribution in [0.3, 0.4) is 0 Å². The van der Waals surface area contributed by atoms with Crippen LogP contribution in [-0.4, -0.2) is 25.8 Å². The monoisotopic (exact) mass is 356 g/mol. The second-order valence-corrected chi connectivity index (χ2v) is 8.24. The summed E-state index contributed by atoms with van der Waals surface area (Å²) in [5.41, 5.74) is 3.53. The van der Waals surface area contributed by atoms with Gasteiger partial charge in [-0.25, -0.2) is 5.43 Å². The largest absolute Gasteiger partial charge is 0.493 e. The number of benzene rings is 1. The minimum absolute atomic E-state index is 0.116. The third kappa shape index (κ3) is 3.19. The Morgan fingerprint density at radius 2 is 1.85 bits per heavy atom. The molecule has 0 aromatic heterocycles. The third-order valence-corrected chi connectivity index (χ3v) is 6.39. The molecule has 0 saturated heterocycles. The number of methoxy groups -OCH3 is 1. The van der Waals surface area contributed by atoms with Crippen molar-refractivity contribution in [2.75, 3.05) is 13.7 Å². The van der Waals surface area contributed by atoms with Crippen LogP contribution in [0.5, 0.6) is 11.5 Å². The molecule has 0 aliphatic heterocycles. The Morgan fingerprint density at radius 1 is 1.19 bits per heavy atom. The van der Waals surface area contributed by atoms with E-state index in [-0.39, 0.29) is 11.3 Å². The van der Waals surface area contributed by atoms with Crippen LogP contribution in [0.1, 0.15) is 51.0 Å². The van der Waals surface area contributed by atoms with Crippen LogP contribution in [0.2, 0.25) is 0 Å². The molecule has 4 saturated carbocycles. The number of ether oxygens (including phenoxy) is 2. The number of rotatable bonds is 6. The highest BCUT2D eigenvalue weighted by atomic mass is 16.5. The van der Waals surface area contributed by atoms with Crippen molar-refractivity contribution in [2.45, 2.75) is 45.4 Å². The molecule has 1 N–H and O–H groups in total. The standard InChI is InChI=1S/C21H28N2O3/c1-3-26-18-5-4-14(9-19(18)25-2)13-22-23-20(24)21-10-15-6-16(11-21)8-17(7-15)12-21/h4-5,9,13,15-17H,3,6-8,10-12H2,1-2H3,(H,23,24). The number of hydrazone groups is 1. The van der Waals surface area contributed by atoms with Gasteiger partial charge < -0.3 is 9.47 Å². The predicted molar refractivity (Wildman–Crippen MR) is 101 cm³/mol. The van der Waals surface area contributed by atoms with E-state index in [1.54, 1.807) is 13.3 Å². The van der Waals surface area contributed by atoms with E-state index < -0.39 is 0 Å². The maximum absolute atomic E-state index is 12.9. The van der Waals surface area contributed by atoms with Gasteiger partial charge in [0.15, 0.2) is 11.5 Å². The van der Waals surface area contributed by atoms with Gasteiger partial charge in [0.05, 0.1) is 25.3 Å². The van der Waals surface area contributed by atoms with E-state index >= 15 is 0 Å². The zero-order chi connectivity index (χ0) is 18.1. The molecule has 1 aromatic carbocycles. The summed E-state index contributed by atoms with van der Waals surface area (Å²) in [6, 6.07) is 5.64. The molecule has 140 valence electrons. The number of hydrogen-bond donors (Lipinski definition) is 1. The normalized spacial score (nSPS) is 32.0. The molecule has 5 heteroatoms. The Morgan fingerprint density at radius 3 is 2.42 bits per heavy atom. The summed E-state index contributed by atoms with van der Waals surface area (Å²) >= 11 is 0. The fourth-order valence-electron chi connectivity index (χ4n) is 5.71. The third-order valence-electron chi connectivity index (χ3n) is 6.39. The average Bonchev–Trinajstić information content (AvgIpc) is 2.61. The molecular formula is C21H28N2O3. The smallest absolute Gasteiger partial charge is 0.246 e. The molecule has 0 unspecified atom stereocenters. The van der Waals surface area contributed by atoms with Crippen LogP contribution in [0.25, 0.3) is 0 Å². The van der Waals surface area contributed by atoms with Crippen molar-refractivity contribution in [3.8, 4) is 11.5 Å². The highest BCUT2D eigenvalue weighted by Crippen LogP contribution is 2.60. The minimum Gasteiger partial charge on any atom is -0.493 e. The average molecular weight is 356 g/mol. The highest BCUT2D eigenvalue weighted by molar-refractivity contribution is 5.86. The number of carbonyl (C=O) groups is 1. The summed E-state index contributed by atoms with van der Waals surface area (Å²) in [5, 5.41) is 4.23. The van der Waals surface area contributed by atoms with Gasteiger partial charge >= 0.3 is 0 Å². The zero-order valence-electron chi connectivity index (χ0n) is 15.7. The Kier molecular flexibility index (Phi) is 4.63. The highest BCUT2D eigenvalue weighted by Gasteiger charge is 2.54. The molecule has 5 nitrogen and oxygen atoms in total. The SMILES string of the molecule is CCOc1ccc(C=NNC(=O)C23CC4CC(CC(C4)C2)C3)cc1OC. The van der Waals surface area contributed by atoms with Gasteiger partial charge in [0.25, 0.3) is 0 Å². The molecule has 5 rings (SSSR count). The number of carbonyl (C=O) groups excluding carboxylic acids is 1. The van der Waals surface area contributed by atoms with Crippen molar-refractivity contribution >= 4 is 12.1 Å². The molecule has 4 aliphatic carbocycles. The fraction of sp³-hybridized carbons (Fsp3) is 0.619. The lowest BCUT2D eigenvalue weighted by atomic mass is 9.49. The summed E-state index contributed by atoms with van der Waals surface area (Å²) in [4.78, 5) is 12.9. The van der Waals surface area contributed by atoms with Gasteiger partial charge in [-0.15, -0.1) is 0 Å². The molecule has 26 heavy (non-hydrogen) atoms. The molecule has 1 aromatic rings. The van der Waals surface area contributed by atoms with E-state index in [1.165, 1.54) is 19.3 Å². The van der Waals surface area contributed by atoms with Crippen molar-refractivity contribution < 1.29 is 14.3 Å². The molecule has 4 bridgehead atoms. The Hall–Kier alpha value is -2.04. The summed E-state index contributed by atoms with van der Waals surface area (Å²) in [7, 11) is 1.62. The van der Waals surface area contributed by atoms with Crippen LogP contribution >= 0.6 is 0 Å². The van der Waals surface area contributed by atoms with Crippen molar-refractivity contribution in [3.63, 3.8) is 0 Å². The van der Waals surface area contributed by atoms with Crippen molar-refractivity contribution in [3.05, 3.63) is 23.8 Å². The maximum Gasteiger partial charge on any atom is 0.246 e. The van der Waals surface area contributed by atoms with Crippen LogP contribution in [0.4, 0.5) is 0 Å². The van der Waals surface area contributed by atoms with E-state index in [9.17, 15) is 4.79 Å². The first-order valence-electron chi connectivity index (χ1n) is 9.76. The van der Waals surface area contributed by atoms with Crippen molar-refractivity contribution in [1.82, 2.24) is 5.43 Å². The molecule has 0 radical (unpaired) electrons. The van der Waals surface area contributed by atoms with Gasteiger partial charge in [-0.2, -0.15) is 5.10 Å². The van der Waals surface area contributed by atoms with Gasteiger partial charge in [-0.05, 0) is 87.0 Å². The first kappa shape index (κ1) is 17.4. The molecule has 0 spiro atoms. The molecule has 4 fully saturated rings. The Balaban J connectivity index is 1.41. The van der Waals surface area contributed by atoms with Crippen LogP contribution in [-0.2, 0) is 4.79 Å². The topological polar surface area (TPSA) is 59.9 Å². The second-order valence-electron chi connectivity index (χ2n) is 8.24. The molecule has 0 atom stereocenters. The fourth-order valence-corrected chi connectivity index (χ4v) is 5.71. The lowest BCUT2D eigenvalue weighted by molar-refractivity contribution is -0.146. The van der Waals surface area contributed by atoms with Gasteiger partial charge in [0, 0.05) is 0 Å². The van der Waals surface area contributed by atoms with E-state index in [1.807, 2.05) is 25.1 Å². The van der Waals surface area contributed by atoms with Crippen LogP contribution in [0.15, 0.2) is 23.3 Å². The number of amides is 1. The van der Waals surface area contributed by atoms with E-state index in [0.717, 1.165) is 42.6 Å². The maximum atomic E-state index is 12.9. The zero-order valence-corrected chi connectivity index (χ0v) is 15.7. The first-order chi connectivity index (χ1) is 12.6. The van der Waals surface area contributed by atoms with Gasteiger partial charge in [0.2, 0.25) is 5.91 Å². The van der Waals surface area contributed by atoms with Crippen molar-refractivity contribution in [2.24, 2.45) is 28.3 Å². The summed E-state index contributed by atoms with van der Waals surface area (Å²) in [5.74, 6) is 3.77. The first-order valence-corrected chi connectivity index (χ1v) is 9.76. The summed E-state index contributed by atoms with van der Waals surface area (Å²) in [6.45, 7) is 2.53. The Bertz CT molecular complexity index is 678. The lowest BCUT2D eigenvalue weighted by Crippen LogP contribution is -2.52. The van der Waals surface area contributed by atoms with E-state index in [2.05, 4.69) is 10.5 Å². The van der Waals surface area contributed by atoms with Crippen LogP contribution in [0, 0.1) is 23.2 Å². The number of nitrogens with zero attached hydrogens (tertiary/aromatic N) is 1. The quantitative estimate of drug-likeness (QED) is 0.624. The summed E-state index contributed by atoms with van der Waals surface area (Å²) in [6.07, 6.45) is 8.84. The lowest BCUT2D eigenvalue weighted by Gasteiger charge is -2.55. The molecule has 1 amide bonds. The van der Waals surface area contributed by atoms with Gasteiger partial charge in [-0.1, -0.05) is 0 Å². The van der Waals surface area contributed by atoms with Crippen LogP contribution < -0.4 is 14.9 Å². The molecular weight excluding hydrogens is 328 g/mol. The number of hydrogen-bond acceptors (Lipinski definition) is 4. The second kappa shape index (κ2) is 6.93. The van der Waals surface area contributed by atoms with Gasteiger partial charge in [0.1, 0.15) is 0 Å². The van der Waals surface area contributed by atoms with E-state index in [4.69, 9.17) is 9.47 Å². The predicted octanol–water partition coefficient (Wildman–Crippen LogP) is 3.76. The van der Waals surface area contributed by atoms with Crippen molar-refractivity contribution in [1.29, 1.82) is 0 Å². The van der Waals surface area contributed by atoms with E-state index in [0.29, 0.717) is 18.1 Å².